The van der Waals surface area contributed by atoms with Gasteiger partial charge in [0.05, 0.1) is 11.1 Å². The average Bonchev–Trinajstić information content (AvgIpc) is 2.87. The van der Waals surface area contributed by atoms with Gasteiger partial charge >= 0.3 is 0 Å². The number of benzene rings is 1. The van der Waals surface area contributed by atoms with Gasteiger partial charge in [0.15, 0.2) is 0 Å². The minimum absolute atomic E-state index is 0.0231. The van der Waals surface area contributed by atoms with Crippen molar-refractivity contribution in [3.8, 4) is 0 Å². The molecule has 1 amide bonds. The smallest absolute Gasteiger partial charge is 0.253 e. The minimum atomic E-state index is 0.0231. The molecule has 1 aliphatic rings. The van der Waals surface area contributed by atoms with E-state index in [0.717, 1.165) is 42.4 Å². The molecule has 0 radical (unpaired) electrons. The number of nitrogens with one attached hydrogen (secondary N) is 3. The summed E-state index contributed by atoms with van der Waals surface area (Å²) in [6, 6.07) is 8.08. The summed E-state index contributed by atoms with van der Waals surface area (Å²) in [4.78, 5) is 15.4. The molecule has 0 unspecified atom stereocenters. The van der Waals surface area contributed by atoms with Gasteiger partial charge in [-0.3, -0.25) is 4.79 Å². The Morgan fingerprint density at radius 2 is 2.06 bits per heavy atom. The van der Waals surface area contributed by atoms with Crippen LogP contribution in [-0.4, -0.2) is 30.0 Å². The monoisotopic (exact) mass is 243 g/mol. The number of piperidine rings is 1. The van der Waals surface area contributed by atoms with Crippen LogP contribution >= 0.6 is 0 Å². The van der Waals surface area contributed by atoms with Crippen LogP contribution < -0.4 is 10.6 Å². The van der Waals surface area contributed by atoms with Crippen LogP contribution in [-0.2, 0) is 0 Å². The van der Waals surface area contributed by atoms with Crippen molar-refractivity contribution in [2.75, 3.05) is 13.1 Å². The number of H-pyrrole nitrogens is 1. The first kappa shape index (κ1) is 11.3. The van der Waals surface area contributed by atoms with Crippen LogP contribution in [0.15, 0.2) is 30.5 Å². The van der Waals surface area contributed by atoms with Crippen LogP contribution in [0.2, 0.25) is 0 Å². The van der Waals surface area contributed by atoms with Gasteiger partial charge in [-0.15, -0.1) is 0 Å². The number of carbonyl (C=O) groups excluding carboxylic acids is 1. The van der Waals surface area contributed by atoms with Crippen molar-refractivity contribution >= 4 is 16.8 Å². The second kappa shape index (κ2) is 4.82. The molecule has 94 valence electrons. The average molecular weight is 243 g/mol. The van der Waals surface area contributed by atoms with Crippen molar-refractivity contribution in [3.05, 3.63) is 36.0 Å². The Labute approximate surface area is 106 Å². The summed E-state index contributed by atoms with van der Waals surface area (Å²) in [5, 5.41) is 7.49. The number of aromatic amines is 1. The van der Waals surface area contributed by atoms with E-state index < -0.39 is 0 Å². The van der Waals surface area contributed by atoms with E-state index in [2.05, 4.69) is 15.6 Å². The molecule has 1 aliphatic heterocycles. The lowest BCUT2D eigenvalue weighted by molar-refractivity contribution is 0.0931. The Morgan fingerprint density at radius 3 is 2.89 bits per heavy atom. The van der Waals surface area contributed by atoms with Crippen LogP contribution in [0.5, 0.6) is 0 Å². The second-order valence-corrected chi connectivity index (χ2v) is 4.75. The zero-order valence-corrected chi connectivity index (χ0v) is 10.2. The molecule has 1 saturated heterocycles. The third-order valence-corrected chi connectivity index (χ3v) is 3.51. The molecule has 0 bridgehead atoms. The van der Waals surface area contributed by atoms with Crippen LogP contribution in [0.3, 0.4) is 0 Å². The Hall–Kier alpha value is -1.81. The lowest BCUT2D eigenvalue weighted by Crippen LogP contribution is -2.42. The number of para-hydroxylation sites is 1. The second-order valence-electron chi connectivity index (χ2n) is 4.75. The zero-order chi connectivity index (χ0) is 12.4. The third-order valence-electron chi connectivity index (χ3n) is 3.51. The molecular weight excluding hydrogens is 226 g/mol. The predicted molar refractivity (Wildman–Crippen MR) is 71.7 cm³/mol. The van der Waals surface area contributed by atoms with E-state index in [0.29, 0.717) is 6.04 Å². The molecule has 0 spiro atoms. The highest BCUT2D eigenvalue weighted by Crippen LogP contribution is 2.17. The summed E-state index contributed by atoms with van der Waals surface area (Å²) >= 11 is 0. The number of hydrogen-bond acceptors (Lipinski definition) is 2. The van der Waals surface area contributed by atoms with E-state index >= 15 is 0 Å². The molecule has 4 nitrogen and oxygen atoms in total. The fourth-order valence-electron chi connectivity index (χ4n) is 2.50. The van der Waals surface area contributed by atoms with E-state index in [9.17, 15) is 4.79 Å². The van der Waals surface area contributed by atoms with Crippen LogP contribution in [0.25, 0.3) is 10.9 Å². The van der Waals surface area contributed by atoms with E-state index in [4.69, 9.17) is 0 Å². The molecule has 4 heteroatoms. The lowest BCUT2D eigenvalue weighted by Gasteiger charge is -2.23. The predicted octanol–water partition coefficient (Wildman–Crippen LogP) is 1.65. The van der Waals surface area contributed by atoms with E-state index in [1.807, 2.05) is 30.5 Å². The van der Waals surface area contributed by atoms with Crippen LogP contribution in [0, 0.1) is 0 Å². The van der Waals surface area contributed by atoms with Gasteiger partial charge < -0.3 is 15.6 Å². The maximum atomic E-state index is 12.3. The Kier molecular flexibility index (Phi) is 3.02. The van der Waals surface area contributed by atoms with Gasteiger partial charge in [0, 0.05) is 17.6 Å². The normalized spacial score (nSPS) is 16.9. The summed E-state index contributed by atoms with van der Waals surface area (Å²) in [5.41, 5.74) is 1.65. The molecule has 18 heavy (non-hydrogen) atoms. The maximum absolute atomic E-state index is 12.3. The number of aromatic nitrogens is 1. The molecule has 1 fully saturated rings. The van der Waals surface area contributed by atoms with Gasteiger partial charge in [0.25, 0.3) is 5.91 Å². The van der Waals surface area contributed by atoms with Crippen LogP contribution in [0.1, 0.15) is 23.2 Å². The number of rotatable bonds is 2. The van der Waals surface area contributed by atoms with Crippen molar-refractivity contribution in [2.24, 2.45) is 0 Å². The van der Waals surface area contributed by atoms with Gasteiger partial charge in [0.2, 0.25) is 0 Å². The zero-order valence-electron chi connectivity index (χ0n) is 10.2. The Bertz CT molecular complexity index is 555. The van der Waals surface area contributed by atoms with Crippen molar-refractivity contribution < 1.29 is 4.79 Å². The van der Waals surface area contributed by atoms with Crippen LogP contribution in [0.4, 0.5) is 0 Å². The minimum Gasteiger partial charge on any atom is -0.361 e. The van der Waals surface area contributed by atoms with E-state index in [1.165, 1.54) is 0 Å². The Balaban J connectivity index is 1.81. The fraction of sp³-hybridized carbons (Fsp3) is 0.357. The number of hydrogen-bond donors (Lipinski definition) is 3. The molecule has 1 aromatic carbocycles. The largest absolute Gasteiger partial charge is 0.361 e. The molecule has 2 heterocycles. The molecule has 3 N–H and O–H groups in total. The molecule has 0 atom stereocenters. The van der Waals surface area contributed by atoms with E-state index in [1.54, 1.807) is 0 Å². The van der Waals surface area contributed by atoms with Gasteiger partial charge in [-0.2, -0.15) is 0 Å². The molecule has 3 rings (SSSR count). The molecule has 0 aliphatic carbocycles. The topological polar surface area (TPSA) is 56.9 Å². The standard InChI is InChI=1S/C14H17N3O/c18-14(17-11-5-7-15-8-6-11)12-3-1-2-10-4-9-16-13(10)12/h1-4,9,11,15-16H,5-8H2,(H,17,18). The van der Waals surface area contributed by atoms with Gasteiger partial charge in [-0.1, -0.05) is 12.1 Å². The highest BCUT2D eigenvalue weighted by molar-refractivity contribution is 6.05. The summed E-state index contributed by atoms with van der Waals surface area (Å²) in [5.74, 6) is 0.0231. The summed E-state index contributed by atoms with van der Waals surface area (Å²) < 4.78 is 0. The summed E-state index contributed by atoms with van der Waals surface area (Å²) in [7, 11) is 0. The van der Waals surface area contributed by atoms with Crippen molar-refractivity contribution in [3.63, 3.8) is 0 Å². The number of fused-ring (bicyclic) bond motifs is 1. The fourth-order valence-corrected chi connectivity index (χ4v) is 2.50. The van der Waals surface area contributed by atoms with Crippen molar-refractivity contribution in [2.45, 2.75) is 18.9 Å². The van der Waals surface area contributed by atoms with E-state index in [-0.39, 0.29) is 5.91 Å². The van der Waals surface area contributed by atoms with Gasteiger partial charge in [-0.25, -0.2) is 0 Å². The molecule has 2 aromatic rings. The Morgan fingerprint density at radius 1 is 1.22 bits per heavy atom. The third kappa shape index (κ3) is 2.11. The number of amides is 1. The molecule has 0 saturated carbocycles. The highest BCUT2D eigenvalue weighted by atomic mass is 16.1. The molecular formula is C14H17N3O. The first-order valence-electron chi connectivity index (χ1n) is 6.42. The lowest BCUT2D eigenvalue weighted by atomic mass is 10.1. The number of carbonyl (C=O) groups is 1. The molecule has 1 aromatic heterocycles. The quantitative estimate of drug-likeness (QED) is 0.751. The SMILES string of the molecule is O=C(NC1CCNCC1)c1cccc2cc[nH]c12. The highest BCUT2D eigenvalue weighted by Gasteiger charge is 2.17. The van der Waals surface area contributed by atoms with Crippen molar-refractivity contribution in [1.29, 1.82) is 0 Å². The maximum Gasteiger partial charge on any atom is 0.253 e. The van der Waals surface area contributed by atoms with Gasteiger partial charge in [0.1, 0.15) is 0 Å². The first-order valence-corrected chi connectivity index (χ1v) is 6.42. The van der Waals surface area contributed by atoms with Crippen molar-refractivity contribution in [1.82, 2.24) is 15.6 Å². The summed E-state index contributed by atoms with van der Waals surface area (Å²) in [6.45, 7) is 1.97. The summed E-state index contributed by atoms with van der Waals surface area (Å²) in [6.07, 6.45) is 3.88. The van der Waals surface area contributed by atoms with Gasteiger partial charge in [-0.05, 0) is 38.1 Å². The first-order chi connectivity index (χ1) is 8.84.